The van der Waals surface area contributed by atoms with Crippen molar-refractivity contribution in [1.29, 1.82) is 0 Å². The molecule has 1 aromatic rings. The lowest BCUT2D eigenvalue weighted by atomic mass is 10.3. The van der Waals surface area contributed by atoms with Crippen LogP contribution in [0.2, 0.25) is 0 Å². The molecule has 0 spiro atoms. The molecule has 6 nitrogen and oxygen atoms in total. The van der Waals surface area contributed by atoms with Gasteiger partial charge in [0.1, 0.15) is 4.34 Å². The van der Waals surface area contributed by atoms with Crippen molar-refractivity contribution < 1.29 is 14.3 Å². The maximum atomic E-state index is 11.8. The molecule has 0 bridgehead atoms. The Hall–Kier alpha value is -1.28. The van der Waals surface area contributed by atoms with E-state index in [4.69, 9.17) is 4.74 Å². The number of carbonyl (C=O) groups excluding carboxylic acids is 2. The number of cyclic esters (lactones) is 1. The van der Waals surface area contributed by atoms with Crippen LogP contribution in [0.5, 0.6) is 0 Å². The number of rotatable bonds is 7. The lowest BCUT2D eigenvalue weighted by Crippen LogP contribution is -2.42. The molecule has 2 amide bonds. The number of hydrogen-bond acceptors (Lipinski definition) is 6. The summed E-state index contributed by atoms with van der Waals surface area (Å²) in [4.78, 5) is 29.2. The van der Waals surface area contributed by atoms with Gasteiger partial charge in [-0.25, -0.2) is 9.78 Å². The number of carbonyl (C=O) groups is 2. The third-order valence-electron chi connectivity index (χ3n) is 2.90. The number of thiazole rings is 1. The van der Waals surface area contributed by atoms with E-state index in [-0.39, 0.29) is 18.4 Å². The minimum Gasteiger partial charge on any atom is -0.449 e. The maximum absolute atomic E-state index is 11.8. The zero-order chi connectivity index (χ0) is 15.1. The van der Waals surface area contributed by atoms with Crippen molar-refractivity contribution in [2.24, 2.45) is 0 Å². The number of ether oxygens (including phenoxy) is 1. The fourth-order valence-electron chi connectivity index (χ4n) is 1.92. The van der Waals surface area contributed by atoms with Gasteiger partial charge >= 0.3 is 6.09 Å². The quantitative estimate of drug-likeness (QED) is 0.772. The standard InChI is InChI=1S/C13H19N3O3S2/c1-2-20-12-15-10(9-21-12)8-11(17)14-4-6-16-5-3-7-19-13(16)18/h9H,2-8H2,1H3,(H,14,17). The van der Waals surface area contributed by atoms with E-state index in [9.17, 15) is 9.59 Å². The molecule has 0 saturated carbocycles. The highest BCUT2D eigenvalue weighted by molar-refractivity contribution is 8.00. The summed E-state index contributed by atoms with van der Waals surface area (Å²) in [5.41, 5.74) is 0.797. The van der Waals surface area contributed by atoms with Crippen LogP contribution in [0.3, 0.4) is 0 Å². The van der Waals surface area contributed by atoms with Gasteiger partial charge in [-0.15, -0.1) is 11.3 Å². The Morgan fingerprint density at radius 1 is 1.62 bits per heavy atom. The molecule has 0 aliphatic carbocycles. The second-order valence-corrected chi connectivity index (χ2v) is 6.89. The SMILES string of the molecule is CCSc1nc(CC(=O)NCCN2CCCOC2=O)cs1. The van der Waals surface area contributed by atoms with Crippen molar-refractivity contribution in [3.63, 3.8) is 0 Å². The van der Waals surface area contributed by atoms with Crippen molar-refractivity contribution in [2.75, 3.05) is 32.0 Å². The van der Waals surface area contributed by atoms with Gasteiger partial charge in [0.05, 0.1) is 18.7 Å². The van der Waals surface area contributed by atoms with Crippen LogP contribution in [-0.2, 0) is 16.0 Å². The highest BCUT2D eigenvalue weighted by atomic mass is 32.2. The Morgan fingerprint density at radius 2 is 2.48 bits per heavy atom. The van der Waals surface area contributed by atoms with E-state index in [2.05, 4.69) is 17.2 Å². The Morgan fingerprint density at radius 3 is 3.24 bits per heavy atom. The summed E-state index contributed by atoms with van der Waals surface area (Å²) in [6, 6.07) is 0. The van der Waals surface area contributed by atoms with Crippen LogP contribution in [0.25, 0.3) is 0 Å². The topological polar surface area (TPSA) is 71.5 Å². The van der Waals surface area contributed by atoms with Gasteiger partial charge in [-0.3, -0.25) is 4.79 Å². The van der Waals surface area contributed by atoms with Crippen molar-refractivity contribution >= 4 is 35.1 Å². The van der Waals surface area contributed by atoms with E-state index in [0.717, 1.165) is 22.2 Å². The molecule has 2 heterocycles. The normalized spacial score (nSPS) is 14.9. The average Bonchev–Trinajstić information content (AvgIpc) is 2.88. The first-order chi connectivity index (χ1) is 10.2. The fourth-order valence-corrected chi connectivity index (χ4v) is 3.66. The van der Waals surface area contributed by atoms with Crippen LogP contribution < -0.4 is 5.32 Å². The Bertz CT molecular complexity index is 493. The predicted octanol–water partition coefficient (Wildman–Crippen LogP) is 1.76. The summed E-state index contributed by atoms with van der Waals surface area (Å²) < 4.78 is 5.93. The molecule has 0 atom stereocenters. The van der Waals surface area contributed by atoms with Gasteiger partial charge in [-0.05, 0) is 12.2 Å². The van der Waals surface area contributed by atoms with Gasteiger partial charge in [0.15, 0.2) is 0 Å². The molecule has 0 radical (unpaired) electrons. The molecule has 8 heteroatoms. The van der Waals surface area contributed by atoms with E-state index < -0.39 is 0 Å². The molecule has 2 rings (SSSR count). The Balaban J connectivity index is 1.68. The number of hydrogen-bond donors (Lipinski definition) is 1. The molecule has 0 aromatic carbocycles. The number of aromatic nitrogens is 1. The summed E-state index contributed by atoms with van der Waals surface area (Å²) in [6.45, 7) is 4.18. The smallest absolute Gasteiger partial charge is 0.409 e. The number of nitrogens with one attached hydrogen (secondary N) is 1. The van der Waals surface area contributed by atoms with Crippen LogP contribution >= 0.6 is 23.1 Å². The third kappa shape index (κ3) is 5.20. The molecule has 1 saturated heterocycles. The van der Waals surface area contributed by atoms with Gasteiger partial charge in [0.25, 0.3) is 0 Å². The minimum absolute atomic E-state index is 0.0706. The second-order valence-electron chi connectivity index (χ2n) is 4.52. The first-order valence-corrected chi connectivity index (χ1v) is 8.81. The van der Waals surface area contributed by atoms with E-state index in [0.29, 0.717) is 26.2 Å². The highest BCUT2D eigenvalue weighted by Gasteiger charge is 2.19. The highest BCUT2D eigenvalue weighted by Crippen LogP contribution is 2.22. The van der Waals surface area contributed by atoms with Gasteiger partial charge in [-0.2, -0.15) is 0 Å². The predicted molar refractivity (Wildman–Crippen MR) is 82.8 cm³/mol. The van der Waals surface area contributed by atoms with Crippen LogP contribution in [-0.4, -0.2) is 53.9 Å². The molecule has 0 unspecified atom stereocenters. The fraction of sp³-hybridized carbons (Fsp3) is 0.615. The molecule has 1 aromatic heterocycles. The summed E-state index contributed by atoms with van der Waals surface area (Å²) in [7, 11) is 0. The number of amides is 2. The Labute approximate surface area is 132 Å². The molecule has 1 aliphatic heterocycles. The largest absolute Gasteiger partial charge is 0.449 e. The monoisotopic (exact) mass is 329 g/mol. The van der Waals surface area contributed by atoms with Crippen LogP contribution in [0.1, 0.15) is 19.0 Å². The van der Waals surface area contributed by atoms with Crippen molar-refractivity contribution in [2.45, 2.75) is 24.1 Å². The zero-order valence-corrected chi connectivity index (χ0v) is 13.6. The third-order valence-corrected chi connectivity index (χ3v) is 4.85. The van der Waals surface area contributed by atoms with Crippen molar-refractivity contribution in [3.05, 3.63) is 11.1 Å². The summed E-state index contributed by atoms with van der Waals surface area (Å²) in [6.07, 6.45) is 0.831. The van der Waals surface area contributed by atoms with E-state index in [1.807, 2.05) is 5.38 Å². The van der Waals surface area contributed by atoms with Gasteiger partial charge in [0.2, 0.25) is 5.91 Å². The van der Waals surface area contributed by atoms with E-state index >= 15 is 0 Å². The first-order valence-electron chi connectivity index (χ1n) is 6.94. The molecule has 21 heavy (non-hydrogen) atoms. The van der Waals surface area contributed by atoms with E-state index in [1.165, 1.54) is 0 Å². The molecular formula is C13H19N3O3S2. The number of thioether (sulfide) groups is 1. The molecule has 1 N–H and O–H groups in total. The maximum Gasteiger partial charge on any atom is 0.409 e. The number of nitrogens with zero attached hydrogens (tertiary/aromatic N) is 2. The van der Waals surface area contributed by atoms with Crippen molar-refractivity contribution in [3.8, 4) is 0 Å². The van der Waals surface area contributed by atoms with Crippen molar-refractivity contribution in [1.82, 2.24) is 15.2 Å². The summed E-state index contributed by atoms with van der Waals surface area (Å²) >= 11 is 3.24. The first kappa shape index (κ1) is 16.1. The van der Waals surface area contributed by atoms with E-state index in [1.54, 1.807) is 28.0 Å². The molecule has 116 valence electrons. The van der Waals surface area contributed by atoms with Gasteiger partial charge < -0.3 is 15.0 Å². The lowest BCUT2D eigenvalue weighted by Gasteiger charge is -2.26. The average molecular weight is 329 g/mol. The Kier molecular flexibility index (Phi) is 6.31. The van der Waals surface area contributed by atoms with Crippen LogP contribution in [0, 0.1) is 0 Å². The molecule has 1 fully saturated rings. The zero-order valence-electron chi connectivity index (χ0n) is 12.0. The van der Waals surface area contributed by atoms with Gasteiger partial charge in [0, 0.05) is 25.0 Å². The van der Waals surface area contributed by atoms with Crippen LogP contribution in [0.15, 0.2) is 9.72 Å². The van der Waals surface area contributed by atoms with Crippen LogP contribution in [0.4, 0.5) is 4.79 Å². The molecule has 1 aliphatic rings. The second kappa shape index (κ2) is 8.23. The lowest BCUT2D eigenvalue weighted by molar-refractivity contribution is -0.120. The van der Waals surface area contributed by atoms with Gasteiger partial charge in [-0.1, -0.05) is 18.7 Å². The summed E-state index contributed by atoms with van der Waals surface area (Å²) in [5.74, 6) is 0.907. The molecular weight excluding hydrogens is 310 g/mol. The summed E-state index contributed by atoms with van der Waals surface area (Å²) in [5, 5.41) is 4.73. The minimum atomic E-state index is -0.295.